The van der Waals surface area contributed by atoms with Crippen LogP contribution in [0.25, 0.3) is 0 Å². The molecule has 1 aromatic heterocycles. The van der Waals surface area contributed by atoms with Crippen LogP contribution in [-0.2, 0) is 11.3 Å². The molecule has 4 nitrogen and oxygen atoms in total. The largest absolute Gasteiger partial charge is 0.396 e. The summed E-state index contributed by atoms with van der Waals surface area (Å²) in [6, 6.07) is 4.01. The minimum Gasteiger partial charge on any atom is -0.396 e. The highest BCUT2D eigenvalue weighted by molar-refractivity contribution is 7.09. The van der Waals surface area contributed by atoms with E-state index in [9.17, 15) is 5.11 Å². The van der Waals surface area contributed by atoms with Gasteiger partial charge in [-0.15, -0.1) is 11.3 Å². The molecule has 1 aliphatic carbocycles. The van der Waals surface area contributed by atoms with Gasteiger partial charge in [0.25, 0.3) is 0 Å². The summed E-state index contributed by atoms with van der Waals surface area (Å²) in [5.74, 6) is 0. The first-order chi connectivity index (χ1) is 8.74. The average Bonchev–Trinajstić information content (AvgIpc) is 2.96. The van der Waals surface area contributed by atoms with Gasteiger partial charge in [0.15, 0.2) is 0 Å². The first-order valence-corrected chi connectivity index (χ1v) is 7.22. The summed E-state index contributed by atoms with van der Waals surface area (Å²) < 4.78 is 5.44. The molecule has 1 aliphatic rings. The highest BCUT2D eigenvalue weighted by atomic mass is 32.1. The molecule has 18 heavy (non-hydrogen) atoms. The van der Waals surface area contributed by atoms with Gasteiger partial charge in [0.1, 0.15) is 0 Å². The minimum atomic E-state index is -0.487. The third-order valence-corrected chi connectivity index (χ3v) is 4.16. The molecule has 1 unspecified atom stereocenters. The summed E-state index contributed by atoms with van der Waals surface area (Å²) in [6.45, 7) is 2.45. The van der Waals surface area contributed by atoms with Crippen LogP contribution < -0.4 is 5.32 Å². The molecule has 102 valence electrons. The summed E-state index contributed by atoms with van der Waals surface area (Å²) in [4.78, 5) is 1.17. The normalized spacial score (nSPS) is 18.8. The van der Waals surface area contributed by atoms with Crippen LogP contribution in [0.1, 0.15) is 17.7 Å². The molecule has 5 heteroatoms. The number of rotatable bonds is 9. The van der Waals surface area contributed by atoms with Crippen molar-refractivity contribution < 1.29 is 14.9 Å². The van der Waals surface area contributed by atoms with Crippen LogP contribution in [0.3, 0.4) is 0 Å². The zero-order valence-electron chi connectivity index (χ0n) is 10.5. The van der Waals surface area contributed by atoms with Crippen molar-refractivity contribution in [2.24, 2.45) is 5.41 Å². The molecule has 0 aliphatic heterocycles. The first kappa shape index (κ1) is 14.0. The van der Waals surface area contributed by atoms with Crippen molar-refractivity contribution in [1.29, 1.82) is 0 Å². The third kappa shape index (κ3) is 4.33. The first-order valence-electron chi connectivity index (χ1n) is 6.34. The van der Waals surface area contributed by atoms with Gasteiger partial charge in [0, 0.05) is 30.0 Å². The predicted molar refractivity (Wildman–Crippen MR) is 71.6 cm³/mol. The lowest BCUT2D eigenvalue weighted by molar-refractivity contribution is 0.0289. The van der Waals surface area contributed by atoms with Crippen LogP contribution in [0, 0.1) is 5.41 Å². The molecule has 1 fully saturated rings. The molecule has 1 atom stereocenters. The van der Waals surface area contributed by atoms with Gasteiger partial charge in [0.2, 0.25) is 0 Å². The van der Waals surface area contributed by atoms with E-state index in [2.05, 4.69) is 5.32 Å². The lowest BCUT2D eigenvalue weighted by Crippen LogP contribution is -2.35. The Morgan fingerprint density at radius 1 is 1.50 bits per heavy atom. The van der Waals surface area contributed by atoms with Crippen molar-refractivity contribution in [3.05, 3.63) is 22.4 Å². The van der Waals surface area contributed by atoms with Crippen molar-refractivity contribution >= 4 is 11.3 Å². The van der Waals surface area contributed by atoms with Gasteiger partial charge in [-0.1, -0.05) is 6.07 Å². The van der Waals surface area contributed by atoms with Gasteiger partial charge in [-0.2, -0.15) is 0 Å². The second kappa shape index (κ2) is 6.63. The van der Waals surface area contributed by atoms with E-state index in [1.165, 1.54) is 4.88 Å². The Labute approximate surface area is 112 Å². The van der Waals surface area contributed by atoms with Gasteiger partial charge in [-0.25, -0.2) is 0 Å². The molecule has 0 amide bonds. The Bertz CT molecular complexity index is 338. The predicted octanol–water partition coefficient (Wildman–Crippen LogP) is 0.988. The van der Waals surface area contributed by atoms with E-state index in [4.69, 9.17) is 9.84 Å². The van der Waals surface area contributed by atoms with Gasteiger partial charge in [-0.3, -0.25) is 0 Å². The van der Waals surface area contributed by atoms with Crippen molar-refractivity contribution in [2.75, 3.05) is 26.3 Å². The fourth-order valence-electron chi connectivity index (χ4n) is 1.82. The van der Waals surface area contributed by atoms with Crippen LogP contribution in [0.15, 0.2) is 17.5 Å². The zero-order valence-corrected chi connectivity index (χ0v) is 11.3. The number of aliphatic hydroxyl groups excluding tert-OH is 2. The Morgan fingerprint density at radius 2 is 2.33 bits per heavy atom. The fourth-order valence-corrected chi connectivity index (χ4v) is 2.46. The van der Waals surface area contributed by atoms with E-state index >= 15 is 0 Å². The topological polar surface area (TPSA) is 61.7 Å². The lowest BCUT2D eigenvalue weighted by atomic mass is 10.1. The van der Waals surface area contributed by atoms with Gasteiger partial charge in [-0.05, 0) is 24.3 Å². The molecule has 2 rings (SSSR count). The molecule has 0 aromatic carbocycles. The van der Waals surface area contributed by atoms with E-state index in [0.29, 0.717) is 19.8 Å². The number of aliphatic hydroxyl groups is 2. The summed E-state index contributed by atoms with van der Waals surface area (Å²) in [7, 11) is 0. The van der Waals surface area contributed by atoms with Crippen LogP contribution >= 0.6 is 11.3 Å². The van der Waals surface area contributed by atoms with Crippen LogP contribution in [0.4, 0.5) is 0 Å². The van der Waals surface area contributed by atoms with Gasteiger partial charge < -0.3 is 20.3 Å². The standard InChI is InChI=1S/C13H21NO3S/c15-10-13(3-4-13)9-14-6-11(16)7-17-8-12-2-1-5-18-12/h1-2,5,11,14-16H,3-4,6-10H2. The number of ether oxygens (including phenoxy) is 1. The van der Waals surface area contributed by atoms with E-state index in [1.807, 2.05) is 17.5 Å². The molecule has 0 spiro atoms. The maximum atomic E-state index is 9.72. The van der Waals surface area contributed by atoms with Crippen molar-refractivity contribution in [2.45, 2.75) is 25.6 Å². The average molecular weight is 271 g/mol. The second-order valence-corrected chi connectivity index (χ2v) is 6.07. The summed E-state index contributed by atoms with van der Waals surface area (Å²) >= 11 is 1.66. The highest BCUT2D eigenvalue weighted by Gasteiger charge is 2.41. The highest BCUT2D eigenvalue weighted by Crippen LogP contribution is 2.44. The Balaban J connectivity index is 1.51. The molecule has 1 aromatic rings. The maximum absolute atomic E-state index is 9.72. The maximum Gasteiger partial charge on any atom is 0.0897 e. The van der Waals surface area contributed by atoms with E-state index in [0.717, 1.165) is 19.4 Å². The van der Waals surface area contributed by atoms with E-state index in [-0.39, 0.29) is 12.0 Å². The number of hydrogen-bond donors (Lipinski definition) is 3. The van der Waals surface area contributed by atoms with Crippen LogP contribution in [-0.4, -0.2) is 42.6 Å². The molecule has 0 bridgehead atoms. The van der Waals surface area contributed by atoms with Crippen LogP contribution in [0.2, 0.25) is 0 Å². The molecule has 0 saturated heterocycles. The Morgan fingerprint density at radius 3 is 2.94 bits per heavy atom. The van der Waals surface area contributed by atoms with Crippen molar-refractivity contribution in [3.8, 4) is 0 Å². The van der Waals surface area contributed by atoms with Gasteiger partial charge in [0.05, 0.1) is 19.3 Å². The van der Waals surface area contributed by atoms with Crippen molar-refractivity contribution in [3.63, 3.8) is 0 Å². The van der Waals surface area contributed by atoms with Crippen LogP contribution in [0.5, 0.6) is 0 Å². The molecular formula is C13H21NO3S. The number of hydrogen-bond acceptors (Lipinski definition) is 5. The molecule has 3 N–H and O–H groups in total. The zero-order chi connectivity index (χ0) is 12.8. The third-order valence-electron chi connectivity index (χ3n) is 3.31. The summed E-state index contributed by atoms with van der Waals surface area (Å²) in [5.41, 5.74) is 0.0948. The minimum absolute atomic E-state index is 0.0948. The Kier molecular flexibility index (Phi) is 5.14. The number of thiophene rings is 1. The fraction of sp³-hybridized carbons (Fsp3) is 0.692. The molecule has 1 saturated carbocycles. The van der Waals surface area contributed by atoms with Crippen molar-refractivity contribution in [1.82, 2.24) is 5.32 Å². The summed E-state index contributed by atoms with van der Waals surface area (Å²) in [5, 5.41) is 24.1. The summed E-state index contributed by atoms with van der Waals surface area (Å²) in [6.07, 6.45) is 1.68. The lowest BCUT2D eigenvalue weighted by Gasteiger charge is -2.15. The molecule has 0 radical (unpaired) electrons. The molecular weight excluding hydrogens is 250 g/mol. The Hall–Kier alpha value is -0.460. The molecule has 1 heterocycles. The SMILES string of the molecule is OCC1(CNCC(O)COCc2cccs2)CC1. The van der Waals surface area contributed by atoms with E-state index < -0.39 is 6.10 Å². The van der Waals surface area contributed by atoms with E-state index in [1.54, 1.807) is 11.3 Å². The monoisotopic (exact) mass is 271 g/mol. The smallest absolute Gasteiger partial charge is 0.0897 e. The second-order valence-electron chi connectivity index (χ2n) is 5.04. The quantitative estimate of drug-likeness (QED) is 0.627. The number of nitrogens with one attached hydrogen (secondary N) is 1. The van der Waals surface area contributed by atoms with Gasteiger partial charge >= 0.3 is 0 Å².